The highest BCUT2D eigenvalue weighted by molar-refractivity contribution is 6.38. The smallest absolute Gasteiger partial charge is 0.222 e. The van der Waals surface area contributed by atoms with Crippen molar-refractivity contribution in [2.45, 2.75) is 25.7 Å². The van der Waals surface area contributed by atoms with Gasteiger partial charge < -0.3 is 9.80 Å². The van der Waals surface area contributed by atoms with Gasteiger partial charge in [-0.25, -0.2) is 13.2 Å². The van der Waals surface area contributed by atoms with Crippen molar-refractivity contribution in [3.05, 3.63) is 57.6 Å². The van der Waals surface area contributed by atoms with E-state index in [2.05, 4.69) is 4.98 Å². The van der Waals surface area contributed by atoms with Crippen molar-refractivity contribution in [3.8, 4) is 0 Å². The van der Waals surface area contributed by atoms with Gasteiger partial charge in [-0.3, -0.25) is 9.78 Å². The quantitative estimate of drug-likeness (QED) is 0.616. The van der Waals surface area contributed by atoms with Gasteiger partial charge >= 0.3 is 0 Å². The molecule has 156 valence electrons. The minimum Gasteiger partial charge on any atom is -0.367 e. The Labute approximate surface area is 177 Å². The molecule has 29 heavy (non-hydrogen) atoms. The number of carbonyl (C=O) groups is 1. The van der Waals surface area contributed by atoms with Gasteiger partial charge in [-0.05, 0) is 37.0 Å². The average Bonchev–Trinajstić information content (AvgIpc) is 2.92. The van der Waals surface area contributed by atoms with Crippen molar-refractivity contribution in [3.63, 3.8) is 0 Å². The van der Waals surface area contributed by atoms with Gasteiger partial charge in [-0.1, -0.05) is 23.2 Å². The predicted octanol–water partition coefficient (Wildman–Crippen LogP) is 4.87. The number of halogens is 5. The summed E-state index contributed by atoms with van der Waals surface area (Å²) in [7, 11) is 0. The van der Waals surface area contributed by atoms with E-state index in [-0.39, 0.29) is 12.3 Å². The van der Waals surface area contributed by atoms with Gasteiger partial charge in [0, 0.05) is 45.0 Å². The first-order valence-electron chi connectivity index (χ1n) is 9.32. The molecule has 1 fully saturated rings. The highest BCUT2D eigenvalue weighted by Gasteiger charge is 2.22. The molecule has 1 saturated heterocycles. The van der Waals surface area contributed by atoms with Gasteiger partial charge in [0.1, 0.15) is 0 Å². The minimum atomic E-state index is -1.48. The van der Waals surface area contributed by atoms with Gasteiger partial charge in [0.2, 0.25) is 5.91 Å². The van der Waals surface area contributed by atoms with Crippen LogP contribution in [-0.4, -0.2) is 42.0 Å². The molecular weight excluding hydrogens is 426 g/mol. The predicted molar refractivity (Wildman–Crippen MR) is 107 cm³/mol. The Hall–Kier alpha value is -1.99. The van der Waals surface area contributed by atoms with Gasteiger partial charge in [-0.2, -0.15) is 0 Å². The molecule has 2 heterocycles. The third-order valence-electron chi connectivity index (χ3n) is 4.89. The number of hydrogen-bond acceptors (Lipinski definition) is 3. The lowest BCUT2D eigenvalue weighted by Gasteiger charge is -2.25. The number of hydrogen-bond donors (Lipinski definition) is 0. The van der Waals surface area contributed by atoms with Crippen molar-refractivity contribution in [2.24, 2.45) is 0 Å². The average molecular weight is 446 g/mol. The zero-order valence-electron chi connectivity index (χ0n) is 15.6. The van der Waals surface area contributed by atoms with Gasteiger partial charge in [0.05, 0.1) is 15.7 Å². The van der Waals surface area contributed by atoms with Crippen LogP contribution in [0.15, 0.2) is 24.5 Å². The van der Waals surface area contributed by atoms with Crippen LogP contribution in [0.4, 0.5) is 18.9 Å². The molecule has 1 amide bonds. The molecule has 0 saturated carbocycles. The summed E-state index contributed by atoms with van der Waals surface area (Å²) in [5.74, 6) is -3.94. The number of nitrogens with zero attached hydrogens (tertiary/aromatic N) is 3. The molecule has 1 aliphatic rings. The fraction of sp³-hybridized carbons (Fsp3) is 0.400. The molecule has 0 spiro atoms. The van der Waals surface area contributed by atoms with E-state index in [4.69, 9.17) is 23.2 Å². The van der Waals surface area contributed by atoms with Crippen molar-refractivity contribution in [2.75, 3.05) is 31.1 Å². The molecular formula is C20H20Cl2F3N3O. The number of anilines is 1. The molecule has 1 aliphatic heterocycles. The number of amides is 1. The topological polar surface area (TPSA) is 36.4 Å². The van der Waals surface area contributed by atoms with E-state index in [1.54, 1.807) is 4.90 Å². The summed E-state index contributed by atoms with van der Waals surface area (Å²) in [6, 6.07) is 1.93. The molecule has 0 radical (unpaired) electrons. The van der Waals surface area contributed by atoms with Crippen LogP contribution in [0.2, 0.25) is 10.0 Å². The van der Waals surface area contributed by atoms with Crippen LogP contribution >= 0.6 is 23.2 Å². The number of aryl methyl sites for hydroxylation is 1. The highest BCUT2D eigenvalue weighted by atomic mass is 35.5. The zero-order chi connectivity index (χ0) is 21.0. The van der Waals surface area contributed by atoms with E-state index in [9.17, 15) is 18.0 Å². The Morgan fingerprint density at radius 2 is 1.66 bits per heavy atom. The van der Waals surface area contributed by atoms with Crippen molar-refractivity contribution >= 4 is 34.8 Å². The molecule has 0 atom stereocenters. The summed E-state index contributed by atoms with van der Waals surface area (Å²) in [6.45, 7) is 2.42. The number of pyridine rings is 1. The normalized spacial score (nSPS) is 14.8. The van der Waals surface area contributed by atoms with Crippen molar-refractivity contribution < 1.29 is 18.0 Å². The lowest BCUT2D eigenvalue weighted by Crippen LogP contribution is -2.35. The van der Waals surface area contributed by atoms with Crippen LogP contribution in [0.5, 0.6) is 0 Å². The van der Waals surface area contributed by atoms with Crippen molar-refractivity contribution in [1.82, 2.24) is 9.88 Å². The molecule has 1 aromatic heterocycles. The molecule has 3 rings (SSSR count). The van der Waals surface area contributed by atoms with E-state index < -0.39 is 17.5 Å². The summed E-state index contributed by atoms with van der Waals surface area (Å²) < 4.78 is 39.6. The second-order valence-electron chi connectivity index (χ2n) is 6.90. The maximum Gasteiger partial charge on any atom is 0.222 e. The Balaban J connectivity index is 1.53. The molecule has 0 unspecified atom stereocenters. The minimum absolute atomic E-state index is 0.0261. The van der Waals surface area contributed by atoms with Crippen LogP contribution in [0, 0.1) is 17.5 Å². The standard InChI is InChI=1S/C20H20Cl2F3N3O/c21-14-11-26-12-15(22)20(14)28-6-2-5-27(7-8-28)18(29)4-1-3-13-9-16(23)19(25)17(24)10-13/h9-12H,1-8H2. The van der Waals surface area contributed by atoms with Crippen LogP contribution in [0.3, 0.4) is 0 Å². The van der Waals surface area contributed by atoms with Crippen LogP contribution in [0.1, 0.15) is 24.8 Å². The summed E-state index contributed by atoms with van der Waals surface area (Å²) >= 11 is 12.5. The Morgan fingerprint density at radius 3 is 2.31 bits per heavy atom. The third kappa shape index (κ3) is 5.34. The molecule has 0 aliphatic carbocycles. The van der Waals surface area contributed by atoms with Gasteiger partial charge in [0.25, 0.3) is 0 Å². The van der Waals surface area contributed by atoms with E-state index in [0.717, 1.165) is 24.2 Å². The summed E-state index contributed by atoms with van der Waals surface area (Å²) in [6.07, 6.45) is 4.80. The maximum absolute atomic E-state index is 13.3. The SMILES string of the molecule is O=C(CCCc1cc(F)c(F)c(F)c1)N1CCCN(c2c(Cl)cncc2Cl)CC1. The Morgan fingerprint density at radius 1 is 1.00 bits per heavy atom. The van der Waals surface area contributed by atoms with Crippen molar-refractivity contribution in [1.29, 1.82) is 0 Å². The second kappa shape index (κ2) is 9.67. The second-order valence-corrected chi connectivity index (χ2v) is 7.71. The molecule has 1 aromatic carbocycles. The van der Waals surface area contributed by atoms with Crippen LogP contribution < -0.4 is 4.90 Å². The molecule has 0 bridgehead atoms. The monoisotopic (exact) mass is 445 g/mol. The van der Waals surface area contributed by atoms with Gasteiger partial charge in [0.15, 0.2) is 17.5 Å². The lowest BCUT2D eigenvalue weighted by atomic mass is 10.1. The Bertz CT molecular complexity index is 854. The fourth-order valence-corrected chi connectivity index (χ4v) is 4.05. The molecule has 0 N–H and O–H groups in total. The summed E-state index contributed by atoms with van der Waals surface area (Å²) in [5.41, 5.74) is 1.05. The molecule has 9 heteroatoms. The Kier molecular flexibility index (Phi) is 7.24. The van der Waals surface area contributed by atoms with E-state index in [0.29, 0.717) is 54.6 Å². The highest BCUT2D eigenvalue weighted by Crippen LogP contribution is 2.33. The maximum atomic E-state index is 13.3. The van der Waals surface area contributed by atoms with E-state index >= 15 is 0 Å². The zero-order valence-corrected chi connectivity index (χ0v) is 17.1. The summed E-state index contributed by atoms with van der Waals surface area (Å²) in [4.78, 5) is 20.3. The van der Waals surface area contributed by atoms with E-state index in [1.807, 2.05) is 4.90 Å². The molecule has 2 aromatic rings. The number of aromatic nitrogens is 1. The fourth-order valence-electron chi connectivity index (χ4n) is 3.45. The number of rotatable bonds is 5. The van der Waals surface area contributed by atoms with Crippen LogP contribution in [0.25, 0.3) is 0 Å². The first-order chi connectivity index (χ1) is 13.9. The van der Waals surface area contributed by atoms with Gasteiger partial charge in [-0.15, -0.1) is 0 Å². The largest absolute Gasteiger partial charge is 0.367 e. The lowest BCUT2D eigenvalue weighted by molar-refractivity contribution is -0.131. The summed E-state index contributed by atoms with van der Waals surface area (Å²) in [5, 5.41) is 0.937. The molecule has 4 nitrogen and oxygen atoms in total. The first kappa shape index (κ1) is 21.7. The third-order valence-corrected chi connectivity index (χ3v) is 5.45. The van der Waals surface area contributed by atoms with E-state index in [1.165, 1.54) is 12.4 Å². The number of benzene rings is 1. The van der Waals surface area contributed by atoms with Crippen LogP contribution in [-0.2, 0) is 11.2 Å². The number of carbonyl (C=O) groups excluding carboxylic acids is 1. The first-order valence-corrected chi connectivity index (χ1v) is 10.1.